The van der Waals surface area contributed by atoms with Gasteiger partial charge in [0.15, 0.2) is 6.29 Å². The molecule has 7 nitrogen and oxygen atoms in total. The lowest BCUT2D eigenvalue weighted by Crippen LogP contribution is -2.56. The molecule has 8 rings (SSSR count). The third-order valence-electron chi connectivity index (χ3n) is 15.8. The lowest BCUT2D eigenvalue weighted by atomic mass is 9.46. The van der Waals surface area contributed by atoms with Gasteiger partial charge in [-0.05, 0) is 136 Å². The van der Waals surface area contributed by atoms with Crippen LogP contribution in [0.1, 0.15) is 118 Å². The van der Waals surface area contributed by atoms with E-state index in [1.807, 2.05) is 4.90 Å². The Bertz CT molecular complexity index is 1150. The smallest absolute Gasteiger partial charge is 0.225 e. The molecule has 8 fully saturated rings. The van der Waals surface area contributed by atoms with Crippen molar-refractivity contribution in [2.24, 2.45) is 51.2 Å². The summed E-state index contributed by atoms with van der Waals surface area (Å²) in [7, 11) is 0. The van der Waals surface area contributed by atoms with Crippen LogP contribution in [-0.4, -0.2) is 77.0 Å². The Balaban J connectivity index is 0.957. The van der Waals surface area contributed by atoms with Crippen molar-refractivity contribution in [3.63, 3.8) is 0 Å². The molecule has 0 aromatic heterocycles. The minimum absolute atomic E-state index is 0.0876. The molecule has 12 atom stereocenters. The van der Waals surface area contributed by atoms with Gasteiger partial charge in [0.05, 0.1) is 37.1 Å². The van der Waals surface area contributed by atoms with Crippen LogP contribution >= 0.6 is 0 Å². The quantitative estimate of drug-likeness (QED) is 0.414. The first-order valence-corrected chi connectivity index (χ1v) is 18.4. The number of aliphatic hydroxyl groups is 2. The molecule has 1 amide bonds. The van der Waals surface area contributed by atoms with Crippen molar-refractivity contribution < 1.29 is 29.2 Å². The molecule has 6 aliphatic carbocycles. The third kappa shape index (κ3) is 4.26. The molecule has 0 bridgehead atoms. The van der Waals surface area contributed by atoms with E-state index in [4.69, 9.17) is 14.2 Å². The number of nitrogens with zero attached hydrogens (tertiary/aromatic N) is 1. The number of aliphatic hydroxyl groups excluding tert-OH is 1. The Morgan fingerprint density at radius 1 is 0.955 bits per heavy atom. The molecule has 0 aromatic carbocycles. The van der Waals surface area contributed by atoms with Gasteiger partial charge < -0.3 is 29.3 Å². The third-order valence-corrected chi connectivity index (χ3v) is 15.8. The maximum absolute atomic E-state index is 13.0. The van der Waals surface area contributed by atoms with Crippen molar-refractivity contribution in [3.8, 4) is 0 Å². The van der Waals surface area contributed by atoms with Gasteiger partial charge in [-0.15, -0.1) is 0 Å². The van der Waals surface area contributed by atoms with Crippen LogP contribution in [0.5, 0.6) is 0 Å². The summed E-state index contributed by atoms with van der Waals surface area (Å²) in [5.41, 5.74) is 0.216. The van der Waals surface area contributed by atoms with Crippen molar-refractivity contribution >= 4 is 5.91 Å². The van der Waals surface area contributed by atoms with E-state index in [0.717, 1.165) is 44.4 Å². The normalized spacial score (nSPS) is 50.3. The summed E-state index contributed by atoms with van der Waals surface area (Å²) in [6.07, 6.45) is 14.4. The number of ether oxygens (including phenoxy) is 3. The molecule has 8 aliphatic rings. The molecule has 2 aliphatic heterocycles. The molecule has 2 N–H and O–H groups in total. The highest BCUT2D eigenvalue weighted by Crippen LogP contribution is 2.87. The Kier molecular flexibility index (Phi) is 7.05. The van der Waals surface area contributed by atoms with Crippen LogP contribution in [0.3, 0.4) is 0 Å². The summed E-state index contributed by atoms with van der Waals surface area (Å²) in [6, 6.07) is 0. The number of carbonyl (C=O) groups excluding carboxylic acids is 1. The maximum atomic E-state index is 13.0. The number of fused-ring (bicyclic) bond motifs is 4. The minimum atomic E-state index is -1.14. The average molecular weight is 614 g/mol. The Labute approximate surface area is 265 Å². The first-order valence-electron chi connectivity index (χ1n) is 18.4. The zero-order chi connectivity index (χ0) is 30.9. The van der Waals surface area contributed by atoms with Gasteiger partial charge in [0.1, 0.15) is 6.10 Å². The van der Waals surface area contributed by atoms with Crippen LogP contribution in [0.25, 0.3) is 0 Å². The van der Waals surface area contributed by atoms with Crippen LogP contribution in [0.4, 0.5) is 0 Å². The number of amides is 1. The molecule has 2 spiro atoms. The molecule has 44 heavy (non-hydrogen) atoms. The number of morpholine rings is 1. The molecule has 0 aromatic rings. The summed E-state index contributed by atoms with van der Waals surface area (Å²) in [4.78, 5) is 15.0. The largest absolute Gasteiger partial charge is 0.388 e. The van der Waals surface area contributed by atoms with Crippen LogP contribution < -0.4 is 0 Å². The standard InChI is InChI=1S/C37H59NO6/c1-33(2)28-12-10-23-25-19-27-24(9-11-26(43-27)31(39)34(3,4)41)35(25,5)15-16-36(23)21-37(28,36)14-13-29(33)44-30-20-38(17-18-42-30)32(40)22-7-6-8-22/h22-31,39,41H,6-21H2,1-5H3/t23?,24?,25?,26?,27?,28?,29-,30?,31-,35?,36-,37+/m0/s1. The van der Waals surface area contributed by atoms with Gasteiger partial charge in [-0.3, -0.25) is 4.79 Å². The van der Waals surface area contributed by atoms with Crippen LogP contribution in [0.15, 0.2) is 0 Å². The summed E-state index contributed by atoms with van der Waals surface area (Å²) in [6.45, 7) is 12.8. The van der Waals surface area contributed by atoms with Gasteiger partial charge in [-0.1, -0.05) is 27.2 Å². The summed E-state index contributed by atoms with van der Waals surface area (Å²) in [5, 5.41) is 21.3. The zero-order valence-corrected chi connectivity index (χ0v) is 28.1. The molecule has 8 unspecified atom stereocenters. The highest BCUT2D eigenvalue weighted by atomic mass is 16.7. The highest BCUT2D eigenvalue weighted by molar-refractivity contribution is 5.79. The first-order chi connectivity index (χ1) is 20.8. The van der Waals surface area contributed by atoms with Gasteiger partial charge in [0.25, 0.3) is 0 Å². The highest BCUT2D eigenvalue weighted by Gasteiger charge is 2.80. The molecule has 7 heteroatoms. The summed E-state index contributed by atoms with van der Waals surface area (Å²) < 4.78 is 19.7. The number of carbonyl (C=O) groups is 1. The predicted molar refractivity (Wildman–Crippen MR) is 166 cm³/mol. The summed E-state index contributed by atoms with van der Waals surface area (Å²) in [5.74, 6) is 3.29. The SMILES string of the molecule is CC12CC[C@@]34C[C@@]35CC[C@H](OC3CN(C(=O)C6CCC6)CCO3)C(C)(C)C5CCC4C1CC1OC([C@H](O)C(C)(C)O)CCC12. The molecule has 6 saturated carbocycles. The molecule has 2 saturated heterocycles. The number of rotatable bonds is 5. The molecular formula is C37H59NO6. The second kappa shape index (κ2) is 10.1. The van der Waals surface area contributed by atoms with E-state index in [-0.39, 0.29) is 35.9 Å². The van der Waals surface area contributed by atoms with E-state index >= 15 is 0 Å². The van der Waals surface area contributed by atoms with Gasteiger partial charge in [-0.25, -0.2) is 0 Å². The van der Waals surface area contributed by atoms with Crippen molar-refractivity contribution in [1.82, 2.24) is 4.90 Å². The van der Waals surface area contributed by atoms with Crippen molar-refractivity contribution in [2.45, 2.75) is 154 Å². The van der Waals surface area contributed by atoms with Gasteiger partial charge in [0, 0.05) is 12.5 Å². The lowest BCUT2D eigenvalue weighted by Gasteiger charge is -2.60. The second-order valence-corrected chi connectivity index (χ2v) is 18.3. The second-order valence-electron chi connectivity index (χ2n) is 18.3. The van der Waals surface area contributed by atoms with E-state index in [1.165, 1.54) is 44.9 Å². The van der Waals surface area contributed by atoms with Crippen molar-refractivity contribution in [1.29, 1.82) is 0 Å². The molecular weight excluding hydrogens is 554 g/mol. The van der Waals surface area contributed by atoms with Gasteiger partial charge >= 0.3 is 0 Å². The average Bonchev–Trinajstić information content (AvgIpc) is 3.52. The monoisotopic (exact) mass is 613 g/mol. The van der Waals surface area contributed by atoms with E-state index < -0.39 is 11.7 Å². The fourth-order valence-electron chi connectivity index (χ4n) is 13.2. The first kappa shape index (κ1) is 30.6. The minimum Gasteiger partial charge on any atom is -0.388 e. The van der Waals surface area contributed by atoms with Crippen LogP contribution in [0, 0.1) is 51.2 Å². The molecule has 0 radical (unpaired) electrons. The van der Waals surface area contributed by atoms with Gasteiger partial charge in [0.2, 0.25) is 5.91 Å². The van der Waals surface area contributed by atoms with E-state index in [2.05, 4.69) is 20.8 Å². The topological polar surface area (TPSA) is 88.5 Å². The lowest BCUT2D eigenvalue weighted by molar-refractivity contribution is -0.245. The number of hydrogen-bond donors (Lipinski definition) is 2. The summed E-state index contributed by atoms with van der Waals surface area (Å²) >= 11 is 0. The molecule has 2 heterocycles. The number of hydrogen-bond acceptors (Lipinski definition) is 6. The molecule has 248 valence electrons. The maximum Gasteiger partial charge on any atom is 0.225 e. The van der Waals surface area contributed by atoms with E-state index in [0.29, 0.717) is 59.6 Å². The van der Waals surface area contributed by atoms with Gasteiger partial charge in [-0.2, -0.15) is 0 Å². The van der Waals surface area contributed by atoms with Crippen molar-refractivity contribution in [3.05, 3.63) is 0 Å². The fraction of sp³-hybridized carbons (Fsp3) is 0.973. The fourth-order valence-corrected chi connectivity index (χ4v) is 13.2. The Hall–Kier alpha value is -0.730. The van der Waals surface area contributed by atoms with Crippen LogP contribution in [0.2, 0.25) is 0 Å². The Morgan fingerprint density at radius 3 is 2.45 bits per heavy atom. The zero-order valence-electron chi connectivity index (χ0n) is 28.1. The van der Waals surface area contributed by atoms with Crippen LogP contribution in [-0.2, 0) is 19.0 Å². The van der Waals surface area contributed by atoms with Crippen molar-refractivity contribution in [2.75, 3.05) is 19.7 Å². The van der Waals surface area contributed by atoms with E-state index in [1.54, 1.807) is 13.8 Å². The predicted octanol–water partition coefficient (Wildman–Crippen LogP) is 5.69. The van der Waals surface area contributed by atoms with E-state index in [9.17, 15) is 15.0 Å². The Morgan fingerprint density at radius 2 is 1.73 bits per heavy atom.